The van der Waals surface area contributed by atoms with Crippen molar-refractivity contribution in [2.45, 2.75) is 32.4 Å². The number of alkyl halides is 2. The standard InChI is InChI=1S/C17H14F3NO5S/c1-7-9(4-14(23)24)10-3-13(22)11(18)5-12(10)21(7)16(25)8-2-15(27-6-8)26-17(19)20/h2-3,6,12,17,22H,4-5H2,1H3,(H,23,24). The van der Waals surface area contributed by atoms with Gasteiger partial charge in [-0.1, -0.05) is 0 Å². The number of carbonyl (C=O) groups excluding carboxylic acids is 1. The van der Waals surface area contributed by atoms with Gasteiger partial charge < -0.3 is 19.8 Å². The van der Waals surface area contributed by atoms with Crippen LogP contribution in [0.15, 0.2) is 46.0 Å². The number of fused-ring (bicyclic) bond motifs is 1. The minimum atomic E-state index is -3.03. The summed E-state index contributed by atoms with van der Waals surface area (Å²) in [7, 11) is 0. The smallest absolute Gasteiger partial charge is 0.388 e. The second kappa shape index (κ2) is 7.10. The molecule has 27 heavy (non-hydrogen) atoms. The number of carboxylic acid groups (broad SMARTS) is 1. The zero-order valence-electron chi connectivity index (χ0n) is 13.9. The lowest BCUT2D eigenvalue weighted by atomic mass is 9.92. The number of aliphatic hydroxyl groups excluding tert-OH is 1. The Kier molecular flexibility index (Phi) is 5.01. The summed E-state index contributed by atoms with van der Waals surface area (Å²) in [4.78, 5) is 25.3. The summed E-state index contributed by atoms with van der Waals surface area (Å²) in [6.07, 6.45) is 0.405. The molecule has 0 spiro atoms. The van der Waals surface area contributed by atoms with Gasteiger partial charge in [-0.05, 0) is 24.1 Å². The molecular weight excluding hydrogens is 387 g/mol. The molecule has 1 atom stereocenters. The molecule has 0 bridgehead atoms. The molecule has 2 aliphatic rings. The number of halogens is 3. The lowest BCUT2D eigenvalue weighted by molar-refractivity contribution is -0.136. The maximum absolute atomic E-state index is 13.9. The second-order valence-corrected chi connectivity index (χ2v) is 6.83. The topological polar surface area (TPSA) is 87.1 Å². The first-order valence-electron chi connectivity index (χ1n) is 7.77. The number of amides is 1. The highest BCUT2D eigenvalue weighted by Gasteiger charge is 2.41. The van der Waals surface area contributed by atoms with Crippen molar-refractivity contribution >= 4 is 23.2 Å². The number of hydrogen-bond donors (Lipinski definition) is 2. The highest BCUT2D eigenvalue weighted by atomic mass is 32.1. The molecule has 1 unspecified atom stereocenters. The number of aliphatic hydroxyl groups is 1. The van der Waals surface area contributed by atoms with Gasteiger partial charge in [-0.3, -0.25) is 9.59 Å². The maximum atomic E-state index is 13.9. The third-order valence-electron chi connectivity index (χ3n) is 4.33. The van der Waals surface area contributed by atoms with Crippen LogP contribution in [0.5, 0.6) is 5.06 Å². The summed E-state index contributed by atoms with van der Waals surface area (Å²) in [5.41, 5.74) is 1.02. The monoisotopic (exact) mass is 401 g/mol. The van der Waals surface area contributed by atoms with Crippen LogP contribution in [0, 0.1) is 0 Å². The summed E-state index contributed by atoms with van der Waals surface area (Å²) in [5, 5.41) is 20.0. The SMILES string of the molecule is CC1=C(CC(=O)O)C2=CC(O)=C(F)CC2N1C(=O)c1csc(OC(F)F)c1. The molecule has 1 aromatic rings. The Morgan fingerprint density at radius 3 is 2.78 bits per heavy atom. The van der Waals surface area contributed by atoms with Gasteiger partial charge in [0.25, 0.3) is 5.91 Å². The highest BCUT2D eigenvalue weighted by molar-refractivity contribution is 7.12. The summed E-state index contributed by atoms with van der Waals surface area (Å²) >= 11 is 0.810. The van der Waals surface area contributed by atoms with E-state index in [-0.39, 0.29) is 17.0 Å². The Bertz CT molecular complexity index is 902. The Labute approximate surface area is 155 Å². The van der Waals surface area contributed by atoms with Crippen LogP contribution in [0.3, 0.4) is 0 Å². The summed E-state index contributed by atoms with van der Waals surface area (Å²) in [6.45, 7) is -1.51. The number of allylic oxidation sites excluding steroid dienone is 2. The molecule has 1 aliphatic carbocycles. The van der Waals surface area contributed by atoms with Crippen molar-refractivity contribution in [3.8, 4) is 5.06 Å². The number of carboxylic acids is 1. The van der Waals surface area contributed by atoms with E-state index in [1.807, 2.05) is 0 Å². The average molecular weight is 401 g/mol. The molecular formula is C17H14F3NO5S. The van der Waals surface area contributed by atoms with E-state index in [2.05, 4.69) is 4.74 Å². The van der Waals surface area contributed by atoms with Crippen molar-refractivity contribution in [1.82, 2.24) is 4.90 Å². The highest BCUT2D eigenvalue weighted by Crippen LogP contribution is 2.43. The van der Waals surface area contributed by atoms with E-state index < -0.39 is 42.5 Å². The normalized spacial score (nSPS) is 19.5. The molecule has 144 valence electrons. The van der Waals surface area contributed by atoms with Crippen LogP contribution in [0.25, 0.3) is 0 Å². The van der Waals surface area contributed by atoms with Crippen LogP contribution in [-0.4, -0.2) is 39.6 Å². The third-order valence-corrected chi connectivity index (χ3v) is 5.15. The van der Waals surface area contributed by atoms with Crippen LogP contribution in [0.4, 0.5) is 13.2 Å². The Balaban J connectivity index is 1.98. The molecule has 0 fully saturated rings. The van der Waals surface area contributed by atoms with Gasteiger partial charge in [0, 0.05) is 23.6 Å². The van der Waals surface area contributed by atoms with Gasteiger partial charge >= 0.3 is 12.6 Å². The van der Waals surface area contributed by atoms with E-state index in [0.717, 1.165) is 23.5 Å². The molecule has 0 radical (unpaired) electrons. The van der Waals surface area contributed by atoms with Gasteiger partial charge in [0.05, 0.1) is 18.0 Å². The van der Waals surface area contributed by atoms with Crippen LogP contribution in [0.1, 0.15) is 30.1 Å². The number of hydrogen-bond acceptors (Lipinski definition) is 5. The van der Waals surface area contributed by atoms with E-state index in [1.165, 1.54) is 17.2 Å². The largest absolute Gasteiger partial charge is 0.505 e. The number of aliphatic carboxylic acids is 1. The van der Waals surface area contributed by atoms with Crippen molar-refractivity contribution in [2.24, 2.45) is 0 Å². The second-order valence-electron chi connectivity index (χ2n) is 5.95. The number of thiophene rings is 1. The molecule has 2 N–H and O–H groups in total. The summed E-state index contributed by atoms with van der Waals surface area (Å²) in [5.74, 6) is -3.17. The average Bonchev–Trinajstić information content (AvgIpc) is 3.11. The molecule has 3 rings (SSSR count). The number of ether oxygens (including phenoxy) is 1. The van der Waals surface area contributed by atoms with Gasteiger partial charge in [-0.15, -0.1) is 11.3 Å². The van der Waals surface area contributed by atoms with Gasteiger partial charge in [0.15, 0.2) is 5.06 Å². The molecule has 10 heteroatoms. The Hall–Kier alpha value is -2.75. The Morgan fingerprint density at radius 2 is 2.15 bits per heavy atom. The minimum absolute atomic E-state index is 0.0603. The van der Waals surface area contributed by atoms with E-state index in [1.54, 1.807) is 0 Å². The summed E-state index contributed by atoms with van der Waals surface area (Å²) < 4.78 is 42.8. The number of nitrogens with zero attached hydrogens (tertiary/aromatic N) is 1. The van der Waals surface area contributed by atoms with Crippen LogP contribution in [-0.2, 0) is 4.79 Å². The van der Waals surface area contributed by atoms with E-state index in [9.17, 15) is 27.9 Å². The molecule has 1 aliphatic heterocycles. The van der Waals surface area contributed by atoms with Gasteiger partial charge in [-0.25, -0.2) is 4.39 Å². The van der Waals surface area contributed by atoms with Crippen molar-refractivity contribution < 1.29 is 37.7 Å². The molecule has 1 amide bonds. The fourth-order valence-electron chi connectivity index (χ4n) is 3.21. The first-order valence-corrected chi connectivity index (χ1v) is 8.65. The third kappa shape index (κ3) is 3.57. The predicted octanol–water partition coefficient (Wildman–Crippen LogP) is 3.99. The minimum Gasteiger partial charge on any atom is -0.505 e. The van der Waals surface area contributed by atoms with E-state index >= 15 is 0 Å². The van der Waals surface area contributed by atoms with Crippen molar-refractivity contribution in [3.63, 3.8) is 0 Å². The maximum Gasteiger partial charge on any atom is 0.388 e. The van der Waals surface area contributed by atoms with Gasteiger partial charge in [0.1, 0.15) is 11.6 Å². The quantitative estimate of drug-likeness (QED) is 0.779. The zero-order valence-corrected chi connectivity index (χ0v) is 14.7. The molecule has 0 saturated carbocycles. The summed E-state index contributed by atoms with van der Waals surface area (Å²) in [6, 6.07) is 0.333. The first kappa shape index (κ1) is 19.0. The van der Waals surface area contributed by atoms with Gasteiger partial charge in [0.2, 0.25) is 0 Å². The lowest BCUT2D eigenvalue weighted by Crippen LogP contribution is -2.37. The Morgan fingerprint density at radius 1 is 1.44 bits per heavy atom. The molecule has 1 aromatic heterocycles. The molecule has 6 nitrogen and oxygen atoms in total. The fraction of sp³-hybridized carbons (Fsp3) is 0.294. The van der Waals surface area contributed by atoms with Crippen molar-refractivity contribution in [2.75, 3.05) is 0 Å². The predicted molar refractivity (Wildman–Crippen MR) is 89.3 cm³/mol. The number of carbonyl (C=O) groups is 2. The van der Waals surface area contributed by atoms with Crippen LogP contribution >= 0.6 is 11.3 Å². The first-order chi connectivity index (χ1) is 12.7. The molecule has 0 saturated heterocycles. The molecule has 2 heterocycles. The zero-order chi connectivity index (χ0) is 19.9. The van der Waals surface area contributed by atoms with Crippen molar-refractivity contribution in [3.05, 3.63) is 51.5 Å². The van der Waals surface area contributed by atoms with E-state index in [4.69, 9.17) is 5.11 Å². The lowest BCUT2D eigenvalue weighted by Gasteiger charge is -2.28. The number of rotatable bonds is 5. The molecule has 0 aromatic carbocycles. The van der Waals surface area contributed by atoms with E-state index in [0.29, 0.717) is 16.8 Å². The van der Waals surface area contributed by atoms with Crippen LogP contribution in [0.2, 0.25) is 0 Å². The van der Waals surface area contributed by atoms with Gasteiger partial charge in [-0.2, -0.15) is 8.78 Å². The van der Waals surface area contributed by atoms with Crippen molar-refractivity contribution in [1.29, 1.82) is 0 Å². The van der Waals surface area contributed by atoms with Crippen LogP contribution < -0.4 is 4.74 Å². The fourth-order valence-corrected chi connectivity index (χ4v) is 3.94.